The minimum atomic E-state index is -0.429. The van der Waals surface area contributed by atoms with E-state index in [1.807, 2.05) is 23.1 Å². The first-order valence-electron chi connectivity index (χ1n) is 5.86. The predicted octanol–water partition coefficient (Wildman–Crippen LogP) is 2.93. The molecule has 3 heteroatoms. The van der Waals surface area contributed by atoms with Crippen molar-refractivity contribution in [1.29, 1.82) is 0 Å². The summed E-state index contributed by atoms with van der Waals surface area (Å²) in [6, 6.07) is 10.3. The summed E-state index contributed by atoms with van der Waals surface area (Å²) in [7, 11) is 0. The third-order valence-corrected chi connectivity index (χ3v) is 3.19. The summed E-state index contributed by atoms with van der Waals surface area (Å²) in [5, 5.41) is -0.429. The highest BCUT2D eigenvalue weighted by molar-refractivity contribution is 6.30. The zero-order valence-corrected chi connectivity index (χ0v) is 10.7. The first-order valence-corrected chi connectivity index (χ1v) is 6.29. The van der Waals surface area contributed by atoms with Gasteiger partial charge in [-0.05, 0) is 24.5 Å². The van der Waals surface area contributed by atoms with Crippen molar-refractivity contribution < 1.29 is 4.79 Å². The van der Waals surface area contributed by atoms with E-state index in [9.17, 15) is 4.79 Å². The van der Waals surface area contributed by atoms with Gasteiger partial charge in [-0.2, -0.15) is 0 Å². The number of benzene rings is 1. The van der Waals surface area contributed by atoms with Crippen LogP contribution in [0.25, 0.3) is 5.57 Å². The number of amides is 1. The van der Waals surface area contributed by atoms with E-state index < -0.39 is 5.38 Å². The van der Waals surface area contributed by atoms with E-state index in [1.54, 1.807) is 6.92 Å². The SMILES string of the molecule is C[C@@H](Cl)C(=O)N1CC=C(c2ccccc2)CC1. The van der Waals surface area contributed by atoms with Gasteiger partial charge in [0.15, 0.2) is 0 Å². The summed E-state index contributed by atoms with van der Waals surface area (Å²) in [5.41, 5.74) is 2.57. The molecule has 0 radical (unpaired) electrons. The molecule has 17 heavy (non-hydrogen) atoms. The molecule has 0 spiro atoms. The van der Waals surface area contributed by atoms with Gasteiger partial charge >= 0.3 is 0 Å². The second kappa shape index (κ2) is 5.37. The van der Waals surface area contributed by atoms with Crippen LogP contribution in [0.2, 0.25) is 0 Å². The Bertz CT molecular complexity index is 425. The number of halogens is 1. The highest BCUT2D eigenvalue weighted by atomic mass is 35.5. The lowest BCUT2D eigenvalue weighted by atomic mass is 9.99. The Morgan fingerprint density at radius 2 is 2.06 bits per heavy atom. The zero-order chi connectivity index (χ0) is 12.3. The van der Waals surface area contributed by atoms with Gasteiger partial charge in [-0.15, -0.1) is 11.6 Å². The number of hydrogen-bond donors (Lipinski definition) is 0. The zero-order valence-electron chi connectivity index (χ0n) is 9.90. The van der Waals surface area contributed by atoms with Gasteiger partial charge in [0, 0.05) is 13.1 Å². The van der Waals surface area contributed by atoms with Crippen LogP contribution in [0.15, 0.2) is 36.4 Å². The van der Waals surface area contributed by atoms with Crippen LogP contribution in [0.3, 0.4) is 0 Å². The molecule has 0 N–H and O–H groups in total. The molecule has 1 aromatic rings. The molecule has 2 nitrogen and oxygen atoms in total. The minimum Gasteiger partial charge on any atom is -0.337 e. The van der Waals surface area contributed by atoms with Crippen molar-refractivity contribution in [2.24, 2.45) is 0 Å². The molecule has 1 atom stereocenters. The molecule has 90 valence electrons. The van der Waals surface area contributed by atoms with Crippen LogP contribution < -0.4 is 0 Å². The normalized spacial score (nSPS) is 17.5. The number of nitrogens with zero attached hydrogens (tertiary/aromatic N) is 1. The van der Waals surface area contributed by atoms with Crippen LogP contribution in [-0.2, 0) is 4.79 Å². The fraction of sp³-hybridized carbons (Fsp3) is 0.357. The maximum atomic E-state index is 11.7. The van der Waals surface area contributed by atoms with E-state index >= 15 is 0 Å². The predicted molar refractivity (Wildman–Crippen MR) is 70.9 cm³/mol. The van der Waals surface area contributed by atoms with Crippen LogP contribution in [0.5, 0.6) is 0 Å². The van der Waals surface area contributed by atoms with Crippen LogP contribution in [0.4, 0.5) is 0 Å². The summed E-state index contributed by atoms with van der Waals surface area (Å²) in [5.74, 6) is 0.0232. The maximum Gasteiger partial charge on any atom is 0.240 e. The molecule has 2 rings (SSSR count). The van der Waals surface area contributed by atoms with Gasteiger partial charge in [0.2, 0.25) is 5.91 Å². The van der Waals surface area contributed by atoms with Gasteiger partial charge < -0.3 is 4.90 Å². The Morgan fingerprint density at radius 1 is 1.35 bits per heavy atom. The van der Waals surface area contributed by atoms with Gasteiger partial charge in [-0.3, -0.25) is 4.79 Å². The summed E-state index contributed by atoms with van der Waals surface area (Å²) < 4.78 is 0. The Hall–Kier alpha value is -1.28. The van der Waals surface area contributed by atoms with E-state index in [2.05, 4.69) is 18.2 Å². The van der Waals surface area contributed by atoms with Gasteiger partial charge in [0.25, 0.3) is 0 Å². The lowest BCUT2D eigenvalue weighted by Crippen LogP contribution is -2.38. The van der Waals surface area contributed by atoms with Crippen molar-refractivity contribution in [2.45, 2.75) is 18.7 Å². The summed E-state index contributed by atoms with van der Waals surface area (Å²) in [4.78, 5) is 13.5. The standard InChI is InChI=1S/C14H16ClNO/c1-11(15)14(17)16-9-7-13(8-10-16)12-5-3-2-4-6-12/h2-7,11H,8-10H2,1H3/t11-/m1/s1. The van der Waals surface area contributed by atoms with Crippen molar-refractivity contribution in [2.75, 3.05) is 13.1 Å². The third-order valence-electron chi connectivity index (χ3n) is 3.01. The average molecular weight is 250 g/mol. The van der Waals surface area contributed by atoms with Crippen LogP contribution in [0.1, 0.15) is 18.9 Å². The molecule has 1 aliphatic rings. The molecule has 0 bridgehead atoms. The topological polar surface area (TPSA) is 20.3 Å². The van der Waals surface area contributed by atoms with E-state index in [1.165, 1.54) is 11.1 Å². The number of alkyl halides is 1. The molecular formula is C14H16ClNO. The Balaban J connectivity index is 2.06. The van der Waals surface area contributed by atoms with Gasteiger partial charge in [-0.25, -0.2) is 0 Å². The number of rotatable bonds is 2. The Morgan fingerprint density at radius 3 is 2.59 bits per heavy atom. The van der Waals surface area contributed by atoms with Crippen LogP contribution in [-0.4, -0.2) is 29.3 Å². The Labute approximate surface area is 107 Å². The summed E-state index contributed by atoms with van der Waals surface area (Å²) in [6.45, 7) is 3.15. The second-order valence-electron chi connectivity index (χ2n) is 4.25. The second-order valence-corrected chi connectivity index (χ2v) is 4.90. The number of carbonyl (C=O) groups is 1. The minimum absolute atomic E-state index is 0.0232. The molecule has 0 unspecified atom stereocenters. The Kier molecular flexibility index (Phi) is 3.85. The van der Waals surface area contributed by atoms with Crippen molar-refractivity contribution in [3.8, 4) is 0 Å². The molecule has 0 fully saturated rings. The number of carbonyl (C=O) groups excluding carboxylic acids is 1. The lowest BCUT2D eigenvalue weighted by molar-refractivity contribution is -0.130. The van der Waals surface area contributed by atoms with Crippen molar-refractivity contribution >= 4 is 23.1 Å². The highest BCUT2D eigenvalue weighted by Gasteiger charge is 2.20. The van der Waals surface area contributed by atoms with E-state index in [0.29, 0.717) is 6.54 Å². The molecule has 0 saturated carbocycles. The smallest absolute Gasteiger partial charge is 0.240 e. The molecular weight excluding hydrogens is 234 g/mol. The fourth-order valence-corrected chi connectivity index (χ4v) is 2.17. The van der Waals surface area contributed by atoms with Crippen molar-refractivity contribution in [1.82, 2.24) is 4.90 Å². The molecule has 1 heterocycles. The third kappa shape index (κ3) is 2.89. The highest BCUT2D eigenvalue weighted by Crippen LogP contribution is 2.22. The molecule has 0 aliphatic carbocycles. The monoisotopic (exact) mass is 249 g/mol. The molecule has 1 aromatic carbocycles. The van der Waals surface area contributed by atoms with Gasteiger partial charge in [0.1, 0.15) is 5.38 Å². The molecule has 0 aromatic heterocycles. The molecule has 1 amide bonds. The average Bonchev–Trinajstić information content (AvgIpc) is 2.39. The summed E-state index contributed by atoms with van der Waals surface area (Å²) >= 11 is 5.80. The molecule has 0 saturated heterocycles. The van der Waals surface area contributed by atoms with Crippen LogP contribution >= 0.6 is 11.6 Å². The van der Waals surface area contributed by atoms with Crippen molar-refractivity contribution in [3.05, 3.63) is 42.0 Å². The van der Waals surface area contributed by atoms with E-state index in [-0.39, 0.29) is 5.91 Å². The van der Waals surface area contributed by atoms with Crippen molar-refractivity contribution in [3.63, 3.8) is 0 Å². The van der Waals surface area contributed by atoms with Crippen LogP contribution in [0, 0.1) is 0 Å². The largest absolute Gasteiger partial charge is 0.337 e. The first-order chi connectivity index (χ1) is 8.18. The maximum absolute atomic E-state index is 11.7. The van der Waals surface area contributed by atoms with E-state index in [4.69, 9.17) is 11.6 Å². The summed E-state index contributed by atoms with van der Waals surface area (Å²) in [6.07, 6.45) is 3.02. The lowest BCUT2D eigenvalue weighted by Gasteiger charge is -2.27. The van der Waals surface area contributed by atoms with Gasteiger partial charge in [-0.1, -0.05) is 36.4 Å². The van der Waals surface area contributed by atoms with Gasteiger partial charge in [0.05, 0.1) is 0 Å². The number of hydrogen-bond acceptors (Lipinski definition) is 1. The quantitative estimate of drug-likeness (QED) is 0.738. The molecule has 1 aliphatic heterocycles. The fourth-order valence-electron chi connectivity index (χ4n) is 2.04. The first kappa shape index (κ1) is 12.2. The van der Waals surface area contributed by atoms with E-state index in [0.717, 1.165) is 13.0 Å².